The van der Waals surface area contributed by atoms with Crippen LogP contribution >= 0.6 is 0 Å². The maximum atomic E-state index is 13.4. The monoisotopic (exact) mass is 419 g/mol. The van der Waals surface area contributed by atoms with Crippen LogP contribution in [0, 0.1) is 0 Å². The molecule has 0 bridgehead atoms. The Kier molecular flexibility index (Phi) is 6.32. The Morgan fingerprint density at radius 2 is 1.72 bits per heavy atom. The van der Waals surface area contributed by atoms with Crippen molar-refractivity contribution in [3.63, 3.8) is 0 Å². The van der Waals surface area contributed by atoms with E-state index in [0.717, 1.165) is 9.87 Å². The standard InChI is InChI=1S/C21H25NO6S/c1-4-26-21(23)14-22(17-7-5-16(6-8-17)15(2)3)29(24,25)18-9-10-19-20(13-18)28-12-11-27-19/h5-10,13,15H,4,11-12,14H2,1-3H3. The van der Waals surface area contributed by atoms with Crippen LogP contribution in [-0.4, -0.2) is 40.8 Å². The van der Waals surface area contributed by atoms with Crippen LogP contribution in [0.15, 0.2) is 47.4 Å². The molecule has 0 amide bonds. The van der Waals surface area contributed by atoms with E-state index in [1.165, 1.54) is 12.1 Å². The van der Waals surface area contributed by atoms with Crippen LogP contribution in [0.25, 0.3) is 0 Å². The molecule has 0 spiro atoms. The molecular weight excluding hydrogens is 394 g/mol. The predicted octanol–water partition coefficient (Wildman–Crippen LogP) is 3.34. The molecule has 29 heavy (non-hydrogen) atoms. The lowest BCUT2D eigenvalue weighted by atomic mass is 10.0. The highest BCUT2D eigenvalue weighted by Crippen LogP contribution is 2.34. The van der Waals surface area contributed by atoms with Gasteiger partial charge < -0.3 is 14.2 Å². The van der Waals surface area contributed by atoms with Crippen molar-refractivity contribution >= 4 is 21.7 Å². The number of esters is 1. The van der Waals surface area contributed by atoms with Crippen molar-refractivity contribution < 1.29 is 27.4 Å². The molecule has 3 rings (SSSR count). The molecule has 1 aliphatic rings. The van der Waals surface area contributed by atoms with Crippen LogP contribution in [0.4, 0.5) is 5.69 Å². The molecule has 0 aliphatic carbocycles. The number of benzene rings is 2. The molecule has 8 heteroatoms. The number of rotatable bonds is 7. The lowest BCUT2D eigenvalue weighted by Crippen LogP contribution is -2.36. The van der Waals surface area contributed by atoms with Gasteiger partial charge in [0.05, 0.1) is 17.2 Å². The summed E-state index contributed by atoms with van der Waals surface area (Å²) in [7, 11) is -4.04. The second kappa shape index (κ2) is 8.73. The average molecular weight is 419 g/mol. The maximum Gasteiger partial charge on any atom is 0.326 e. The number of hydrogen-bond acceptors (Lipinski definition) is 6. The molecular formula is C21H25NO6S. The van der Waals surface area contributed by atoms with Crippen LogP contribution in [0.5, 0.6) is 11.5 Å². The quantitative estimate of drug-likeness (QED) is 0.640. The summed E-state index contributed by atoms with van der Waals surface area (Å²) in [6.45, 7) is 6.29. The summed E-state index contributed by atoms with van der Waals surface area (Å²) in [5.41, 5.74) is 1.46. The largest absolute Gasteiger partial charge is 0.486 e. The van der Waals surface area contributed by atoms with Crippen LogP contribution in [0.1, 0.15) is 32.3 Å². The van der Waals surface area contributed by atoms with E-state index in [1.54, 1.807) is 25.1 Å². The molecule has 0 aromatic heterocycles. The molecule has 156 valence electrons. The summed E-state index contributed by atoms with van der Waals surface area (Å²) >= 11 is 0. The average Bonchev–Trinajstić information content (AvgIpc) is 2.72. The van der Waals surface area contributed by atoms with Gasteiger partial charge in [-0.05, 0) is 42.7 Å². The fourth-order valence-electron chi connectivity index (χ4n) is 2.98. The molecule has 2 aromatic rings. The third-order valence-corrected chi connectivity index (χ3v) is 6.30. The van der Waals surface area contributed by atoms with E-state index in [2.05, 4.69) is 13.8 Å². The third kappa shape index (κ3) is 4.64. The molecule has 1 heterocycles. The molecule has 7 nitrogen and oxygen atoms in total. The molecule has 0 unspecified atom stereocenters. The molecule has 0 radical (unpaired) electrons. The molecule has 0 saturated carbocycles. The van der Waals surface area contributed by atoms with Crippen molar-refractivity contribution in [3.05, 3.63) is 48.0 Å². The van der Waals surface area contributed by atoms with Gasteiger partial charge in [-0.3, -0.25) is 9.10 Å². The summed E-state index contributed by atoms with van der Waals surface area (Å²) in [5, 5.41) is 0. The molecule has 1 aliphatic heterocycles. The van der Waals surface area contributed by atoms with Gasteiger partial charge in [-0.15, -0.1) is 0 Å². The second-order valence-electron chi connectivity index (χ2n) is 6.87. The van der Waals surface area contributed by atoms with Gasteiger partial charge in [-0.1, -0.05) is 26.0 Å². The van der Waals surface area contributed by atoms with Gasteiger partial charge in [0, 0.05) is 6.07 Å². The number of hydrogen-bond donors (Lipinski definition) is 0. The SMILES string of the molecule is CCOC(=O)CN(c1ccc(C(C)C)cc1)S(=O)(=O)c1ccc2c(c1)OCCO2. The highest BCUT2D eigenvalue weighted by atomic mass is 32.2. The van der Waals surface area contributed by atoms with Crippen molar-refractivity contribution in [2.45, 2.75) is 31.6 Å². The first-order valence-electron chi connectivity index (χ1n) is 9.51. The van der Waals surface area contributed by atoms with Gasteiger partial charge in [0.2, 0.25) is 0 Å². The topological polar surface area (TPSA) is 82.1 Å². The zero-order valence-electron chi connectivity index (χ0n) is 16.8. The second-order valence-corrected chi connectivity index (χ2v) is 8.73. The Morgan fingerprint density at radius 1 is 1.07 bits per heavy atom. The zero-order valence-corrected chi connectivity index (χ0v) is 17.6. The number of carbonyl (C=O) groups is 1. The Morgan fingerprint density at radius 3 is 2.34 bits per heavy atom. The minimum Gasteiger partial charge on any atom is -0.486 e. The summed E-state index contributed by atoms with van der Waals surface area (Å²) < 4.78 is 43.8. The lowest BCUT2D eigenvalue weighted by molar-refractivity contribution is -0.141. The molecule has 0 saturated heterocycles. The first kappa shape index (κ1) is 21.0. The van der Waals surface area contributed by atoms with Crippen molar-refractivity contribution in [3.8, 4) is 11.5 Å². The summed E-state index contributed by atoms with van der Waals surface area (Å²) in [6, 6.07) is 11.5. The Bertz CT molecular complexity index is 969. The van der Waals surface area contributed by atoms with E-state index < -0.39 is 22.5 Å². The molecule has 0 atom stereocenters. The number of ether oxygens (including phenoxy) is 3. The fourth-order valence-corrected chi connectivity index (χ4v) is 4.40. The van der Waals surface area contributed by atoms with Crippen molar-refractivity contribution in [2.75, 3.05) is 30.7 Å². The molecule has 2 aromatic carbocycles. The minimum absolute atomic E-state index is 0.0129. The van der Waals surface area contributed by atoms with E-state index >= 15 is 0 Å². The normalized spacial score (nSPS) is 13.2. The van der Waals surface area contributed by atoms with Crippen LogP contribution in [-0.2, 0) is 19.6 Å². The van der Waals surface area contributed by atoms with Gasteiger partial charge in [0.15, 0.2) is 11.5 Å². The summed E-state index contributed by atoms with van der Waals surface area (Å²) in [6.07, 6.45) is 0. The van der Waals surface area contributed by atoms with E-state index in [0.29, 0.717) is 36.3 Å². The van der Waals surface area contributed by atoms with E-state index in [-0.39, 0.29) is 11.5 Å². The first-order valence-corrected chi connectivity index (χ1v) is 10.9. The Balaban J connectivity index is 2.00. The van der Waals surface area contributed by atoms with Gasteiger partial charge in [0.1, 0.15) is 19.8 Å². The van der Waals surface area contributed by atoms with Crippen molar-refractivity contribution in [1.82, 2.24) is 0 Å². The maximum absolute atomic E-state index is 13.4. The minimum atomic E-state index is -4.04. The molecule has 0 N–H and O–H groups in total. The van der Waals surface area contributed by atoms with E-state index in [4.69, 9.17) is 14.2 Å². The smallest absolute Gasteiger partial charge is 0.326 e. The van der Waals surface area contributed by atoms with Gasteiger partial charge in [-0.2, -0.15) is 0 Å². The summed E-state index contributed by atoms with van der Waals surface area (Å²) in [5.74, 6) is 0.538. The highest BCUT2D eigenvalue weighted by Gasteiger charge is 2.29. The lowest BCUT2D eigenvalue weighted by Gasteiger charge is -2.25. The van der Waals surface area contributed by atoms with Gasteiger partial charge in [-0.25, -0.2) is 8.42 Å². The fraction of sp³-hybridized carbons (Fsp3) is 0.381. The van der Waals surface area contributed by atoms with Crippen molar-refractivity contribution in [2.24, 2.45) is 0 Å². The van der Waals surface area contributed by atoms with Crippen molar-refractivity contribution in [1.29, 1.82) is 0 Å². The Labute approximate surface area is 171 Å². The summed E-state index contributed by atoms with van der Waals surface area (Å²) in [4.78, 5) is 12.2. The Hall–Kier alpha value is -2.74. The predicted molar refractivity (Wildman–Crippen MR) is 109 cm³/mol. The highest BCUT2D eigenvalue weighted by molar-refractivity contribution is 7.92. The van der Waals surface area contributed by atoms with Crippen LogP contribution in [0.3, 0.4) is 0 Å². The molecule has 0 fully saturated rings. The van der Waals surface area contributed by atoms with E-state index in [1.807, 2.05) is 12.1 Å². The van der Waals surface area contributed by atoms with Gasteiger partial charge >= 0.3 is 5.97 Å². The number of sulfonamides is 1. The first-order chi connectivity index (χ1) is 13.8. The number of anilines is 1. The number of fused-ring (bicyclic) bond motifs is 1. The number of nitrogens with zero attached hydrogens (tertiary/aromatic N) is 1. The van der Waals surface area contributed by atoms with Gasteiger partial charge in [0.25, 0.3) is 10.0 Å². The van der Waals surface area contributed by atoms with E-state index in [9.17, 15) is 13.2 Å². The third-order valence-electron chi connectivity index (χ3n) is 4.53. The number of carbonyl (C=O) groups excluding carboxylic acids is 1. The van der Waals surface area contributed by atoms with Crippen LogP contribution < -0.4 is 13.8 Å². The van der Waals surface area contributed by atoms with Crippen LogP contribution in [0.2, 0.25) is 0 Å². The zero-order chi connectivity index (χ0) is 21.0.